The molecule has 1 amide bonds. The lowest BCUT2D eigenvalue weighted by Crippen LogP contribution is -2.40. The standard InChI is InChI=1S/C21H22F3N7O/c22-21(23,24)16-11-31-18(2-1-3-19(31)29-16)27-14-5-7-15(8-6-14)28-20(32)13-4-9-17(26)30(10-13)12-25/h1-4,9-12,14-15,25-27H,5-8H2,(H,28,32). The van der Waals surface area contributed by atoms with Gasteiger partial charge < -0.3 is 10.6 Å². The molecule has 1 aliphatic rings. The Morgan fingerprint density at radius 1 is 1.09 bits per heavy atom. The van der Waals surface area contributed by atoms with E-state index in [9.17, 15) is 18.0 Å². The van der Waals surface area contributed by atoms with E-state index in [4.69, 9.17) is 10.8 Å². The molecular formula is C21H22F3N7O. The van der Waals surface area contributed by atoms with Gasteiger partial charge in [0.15, 0.2) is 5.69 Å². The fourth-order valence-corrected chi connectivity index (χ4v) is 3.88. The number of rotatable bonds is 5. The van der Waals surface area contributed by atoms with Crippen molar-refractivity contribution < 1.29 is 18.0 Å². The molecule has 1 fully saturated rings. The summed E-state index contributed by atoms with van der Waals surface area (Å²) in [5.74, 6) is 0.282. The summed E-state index contributed by atoms with van der Waals surface area (Å²) in [4.78, 5) is 16.2. The average molecular weight is 445 g/mol. The highest BCUT2D eigenvalue weighted by Gasteiger charge is 2.34. The molecule has 3 heterocycles. The number of hydrogen-bond donors (Lipinski definition) is 4. The Balaban J connectivity index is 1.37. The number of amides is 1. The molecule has 168 valence electrons. The molecule has 0 radical (unpaired) electrons. The number of nitrogens with zero attached hydrogens (tertiary/aromatic N) is 3. The van der Waals surface area contributed by atoms with Gasteiger partial charge in [-0.2, -0.15) is 13.2 Å². The van der Waals surface area contributed by atoms with Gasteiger partial charge in [-0.25, -0.2) is 4.98 Å². The van der Waals surface area contributed by atoms with Crippen LogP contribution in [0.4, 0.5) is 19.0 Å². The predicted molar refractivity (Wildman–Crippen MR) is 112 cm³/mol. The monoisotopic (exact) mass is 445 g/mol. The number of imidazole rings is 1. The first-order valence-corrected chi connectivity index (χ1v) is 10.1. The second-order valence-electron chi connectivity index (χ2n) is 7.77. The van der Waals surface area contributed by atoms with E-state index in [1.165, 1.54) is 27.3 Å². The van der Waals surface area contributed by atoms with Gasteiger partial charge in [0, 0.05) is 24.5 Å². The number of carbonyl (C=O) groups is 1. The summed E-state index contributed by atoms with van der Waals surface area (Å²) >= 11 is 0. The Morgan fingerprint density at radius 2 is 1.81 bits per heavy atom. The number of hydrogen-bond acceptors (Lipinski definition) is 5. The van der Waals surface area contributed by atoms with Crippen molar-refractivity contribution in [3.05, 3.63) is 59.5 Å². The van der Waals surface area contributed by atoms with Crippen LogP contribution in [0.3, 0.4) is 0 Å². The third kappa shape index (κ3) is 4.51. The van der Waals surface area contributed by atoms with Crippen molar-refractivity contribution >= 4 is 23.7 Å². The van der Waals surface area contributed by atoms with E-state index in [1.807, 2.05) is 0 Å². The van der Waals surface area contributed by atoms with Crippen LogP contribution in [0, 0.1) is 10.8 Å². The topological polar surface area (TPSA) is 111 Å². The summed E-state index contributed by atoms with van der Waals surface area (Å²) in [7, 11) is 0. The predicted octanol–water partition coefficient (Wildman–Crippen LogP) is 3.24. The van der Waals surface area contributed by atoms with Crippen LogP contribution in [-0.4, -0.2) is 38.3 Å². The lowest BCUT2D eigenvalue weighted by Gasteiger charge is -2.30. The highest BCUT2D eigenvalue weighted by atomic mass is 19.4. The van der Waals surface area contributed by atoms with Crippen LogP contribution in [0.5, 0.6) is 0 Å². The number of anilines is 1. The van der Waals surface area contributed by atoms with Gasteiger partial charge in [0.25, 0.3) is 5.91 Å². The molecule has 0 aromatic carbocycles. The van der Waals surface area contributed by atoms with Crippen LogP contribution in [0.1, 0.15) is 41.7 Å². The Morgan fingerprint density at radius 3 is 2.50 bits per heavy atom. The molecule has 0 atom stereocenters. The van der Waals surface area contributed by atoms with Gasteiger partial charge in [-0.1, -0.05) is 6.07 Å². The van der Waals surface area contributed by atoms with Gasteiger partial charge in [-0.15, -0.1) is 0 Å². The lowest BCUT2D eigenvalue weighted by atomic mass is 9.91. The smallest absolute Gasteiger partial charge is 0.368 e. The lowest BCUT2D eigenvalue weighted by molar-refractivity contribution is -0.140. The third-order valence-electron chi connectivity index (χ3n) is 5.58. The van der Waals surface area contributed by atoms with Crippen LogP contribution in [0.15, 0.2) is 42.7 Å². The minimum absolute atomic E-state index is 0.0227. The molecule has 4 N–H and O–H groups in total. The minimum atomic E-state index is -4.50. The second kappa shape index (κ2) is 8.48. The molecule has 8 nitrogen and oxygen atoms in total. The van der Waals surface area contributed by atoms with E-state index in [0.717, 1.165) is 38.2 Å². The van der Waals surface area contributed by atoms with Gasteiger partial charge >= 0.3 is 6.18 Å². The van der Waals surface area contributed by atoms with Crippen molar-refractivity contribution in [1.82, 2.24) is 19.3 Å². The highest BCUT2D eigenvalue weighted by molar-refractivity contribution is 5.94. The van der Waals surface area contributed by atoms with Crippen LogP contribution >= 0.6 is 0 Å². The largest absolute Gasteiger partial charge is 0.434 e. The van der Waals surface area contributed by atoms with Crippen molar-refractivity contribution in [2.24, 2.45) is 0 Å². The average Bonchev–Trinajstić information content (AvgIpc) is 3.21. The third-order valence-corrected chi connectivity index (χ3v) is 5.58. The molecule has 0 bridgehead atoms. The van der Waals surface area contributed by atoms with E-state index >= 15 is 0 Å². The first kappa shape index (κ1) is 21.6. The van der Waals surface area contributed by atoms with Gasteiger partial charge in [0.05, 0.1) is 11.9 Å². The van der Waals surface area contributed by atoms with Crippen LogP contribution in [-0.2, 0) is 6.18 Å². The van der Waals surface area contributed by atoms with Crippen molar-refractivity contribution in [2.75, 3.05) is 5.32 Å². The number of pyridine rings is 2. The van der Waals surface area contributed by atoms with Crippen LogP contribution < -0.4 is 16.1 Å². The normalized spacial score (nSPS) is 19.0. The molecular weight excluding hydrogens is 423 g/mol. The molecule has 1 saturated carbocycles. The summed E-state index contributed by atoms with van der Waals surface area (Å²) in [5, 5.41) is 21.3. The number of fused-ring (bicyclic) bond motifs is 1. The SMILES string of the molecule is N=Cn1cc(C(=O)NC2CCC(Nc3cccc4nc(C(F)(F)F)cn34)CC2)ccc1=N. The summed E-state index contributed by atoms with van der Waals surface area (Å²) < 4.78 is 41.6. The molecule has 3 aromatic rings. The number of aromatic nitrogens is 3. The maximum absolute atomic E-state index is 13.0. The van der Waals surface area contributed by atoms with Crippen LogP contribution in [0.25, 0.3) is 5.65 Å². The van der Waals surface area contributed by atoms with Gasteiger partial charge in [0.2, 0.25) is 0 Å². The summed E-state index contributed by atoms with van der Waals surface area (Å²) in [6.07, 6.45) is 1.83. The molecule has 0 saturated heterocycles. The van der Waals surface area contributed by atoms with Gasteiger partial charge in [-0.05, 0) is 49.9 Å². The zero-order valence-corrected chi connectivity index (χ0v) is 17.0. The number of alkyl halides is 3. The second-order valence-corrected chi connectivity index (χ2v) is 7.77. The number of halogens is 3. The Bertz CT molecular complexity index is 1210. The zero-order valence-electron chi connectivity index (χ0n) is 17.0. The maximum atomic E-state index is 13.0. The minimum Gasteiger partial charge on any atom is -0.368 e. The van der Waals surface area contributed by atoms with Crippen LogP contribution in [0.2, 0.25) is 0 Å². The molecule has 0 unspecified atom stereocenters. The van der Waals surface area contributed by atoms with E-state index < -0.39 is 11.9 Å². The van der Waals surface area contributed by atoms with Gasteiger partial charge in [-0.3, -0.25) is 24.6 Å². The van der Waals surface area contributed by atoms with E-state index in [2.05, 4.69) is 15.6 Å². The first-order valence-electron chi connectivity index (χ1n) is 10.1. The van der Waals surface area contributed by atoms with E-state index in [1.54, 1.807) is 18.2 Å². The molecule has 0 spiro atoms. The molecule has 32 heavy (non-hydrogen) atoms. The quantitative estimate of drug-likeness (QED) is 0.357. The van der Waals surface area contributed by atoms with E-state index in [0.29, 0.717) is 11.4 Å². The molecule has 1 aliphatic carbocycles. The van der Waals surface area contributed by atoms with Crippen molar-refractivity contribution in [1.29, 1.82) is 10.8 Å². The molecule has 4 rings (SSSR count). The van der Waals surface area contributed by atoms with Gasteiger partial charge in [0.1, 0.15) is 17.0 Å². The Labute approximate surface area is 181 Å². The van der Waals surface area contributed by atoms with Crippen molar-refractivity contribution in [2.45, 2.75) is 43.9 Å². The Kier molecular flexibility index (Phi) is 5.72. The number of carbonyl (C=O) groups excluding carboxylic acids is 1. The highest BCUT2D eigenvalue weighted by Crippen LogP contribution is 2.30. The Hall–Kier alpha value is -3.63. The summed E-state index contributed by atoms with van der Waals surface area (Å²) in [5.41, 5.74) is -0.222. The van der Waals surface area contributed by atoms with Crippen molar-refractivity contribution in [3.63, 3.8) is 0 Å². The maximum Gasteiger partial charge on any atom is 0.434 e. The molecule has 11 heteroatoms. The summed E-state index contributed by atoms with van der Waals surface area (Å²) in [6.45, 7) is 0. The molecule has 3 aromatic heterocycles. The fraction of sp³-hybridized carbons (Fsp3) is 0.333. The molecule has 0 aliphatic heterocycles. The zero-order chi connectivity index (χ0) is 22.9. The summed E-state index contributed by atoms with van der Waals surface area (Å²) in [6, 6.07) is 7.96. The van der Waals surface area contributed by atoms with Crippen molar-refractivity contribution in [3.8, 4) is 0 Å². The first-order chi connectivity index (χ1) is 15.2. The fourth-order valence-electron chi connectivity index (χ4n) is 3.88. The van der Waals surface area contributed by atoms with E-state index in [-0.39, 0.29) is 29.1 Å². The number of nitrogens with one attached hydrogen (secondary N) is 4.